The molecular formula is C28H55N3O6. The van der Waals surface area contributed by atoms with Gasteiger partial charge in [0.05, 0.1) is 12.2 Å². The van der Waals surface area contributed by atoms with Crippen LogP contribution < -0.4 is 11.1 Å². The van der Waals surface area contributed by atoms with Gasteiger partial charge < -0.3 is 35.6 Å². The van der Waals surface area contributed by atoms with Crippen molar-refractivity contribution in [1.82, 2.24) is 10.2 Å². The van der Waals surface area contributed by atoms with Crippen molar-refractivity contribution in [3.63, 3.8) is 0 Å². The van der Waals surface area contributed by atoms with E-state index in [9.17, 15) is 19.8 Å². The molecule has 0 aromatic carbocycles. The number of hydrogen-bond acceptors (Lipinski definition) is 9. The Morgan fingerprint density at radius 3 is 2.35 bits per heavy atom. The molecule has 1 heterocycles. The van der Waals surface area contributed by atoms with Gasteiger partial charge in [0, 0.05) is 25.0 Å². The van der Waals surface area contributed by atoms with Crippen molar-refractivity contribution in [3.05, 3.63) is 0 Å². The lowest BCUT2D eigenvalue weighted by Crippen LogP contribution is -2.59. The summed E-state index contributed by atoms with van der Waals surface area (Å²) in [5.41, 5.74) is 3.27. The third-order valence-corrected chi connectivity index (χ3v) is 8.60. The van der Waals surface area contributed by atoms with E-state index in [1.54, 1.807) is 13.8 Å². The predicted octanol–water partition coefficient (Wildman–Crippen LogP) is 1.97. The van der Waals surface area contributed by atoms with Crippen LogP contribution in [0.4, 0.5) is 0 Å². The van der Waals surface area contributed by atoms with Crippen molar-refractivity contribution in [1.29, 1.82) is 0 Å². The summed E-state index contributed by atoms with van der Waals surface area (Å²) in [6.07, 6.45) is -0.225. The molecule has 1 rings (SSSR count). The second-order valence-electron chi connectivity index (χ2n) is 11.7. The standard InChI is InChI=1S/C28H55N3O6/c1-10-23-28(8,35)25(33)22(6)31(9)17-18(2)16-27(7,36-15-14-30-13-11-12-29)21(5)19(3)24(32)20(4)26(34)37-23/h18-23,25,30,33,35H,10-17,29H2,1-9H3/t18-,19-,20-,21-,22-,23-,25-,27?,28?/m1/s1. The van der Waals surface area contributed by atoms with E-state index < -0.39 is 47.3 Å². The minimum absolute atomic E-state index is 0.162. The van der Waals surface area contributed by atoms with Gasteiger partial charge >= 0.3 is 5.97 Å². The van der Waals surface area contributed by atoms with Gasteiger partial charge in [0.25, 0.3) is 0 Å². The molecule has 9 heteroatoms. The Morgan fingerprint density at radius 1 is 1.16 bits per heavy atom. The summed E-state index contributed by atoms with van der Waals surface area (Å²) < 4.78 is 12.1. The van der Waals surface area contributed by atoms with Gasteiger partial charge in [0.1, 0.15) is 29.5 Å². The van der Waals surface area contributed by atoms with Crippen LogP contribution in [0.3, 0.4) is 0 Å². The van der Waals surface area contributed by atoms with Gasteiger partial charge in [0.15, 0.2) is 0 Å². The largest absolute Gasteiger partial charge is 0.459 e. The molecule has 1 fully saturated rings. The van der Waals surface area contributed by atoms with Crippen LogP contribution in [0.2, 0.25) is 0 Å². The van der Waals surface area contributed by atoms with Crippen molar-refractivity contribution in [2.45, 2.75) is 104 Å². The fourth-order valence-electron chi connectivity index (χ4n) is 5.56. The molecule has 37 heavy (non-hydrogen) atoms. The molecule has 1 aliphatic rings. The number of ether oxygens (including phenoxy) is 2. The lowest BCUT2D eigenvalue weighted by molar-refractivity contribution is -0.189. The van der Waals surface area contributed by atoms with Crippen molar-refractivity contribution in [2.75, 3.05) is 39.8 Å². The fraction of sp³-hybridized carbons (Fsp3) is 0.929. The van der Waals surface area contributed by atoms with Gasteiger partial charge in [-0.15, -0.1) is 0 Å². The molecule has 0 spiro atoms. The van der Waals surface area contributed by atoms with E-state index in [0.717, 1.165) is 13.0 Å². The first kappa shape index (κ1) is 33.9. The number of likely N-dealkylation sites (N-methyl/N-ethyl adjacent to an activating group) is 1. The molecule has 0 aromatic heterocycles. The Balaban J connectivity index is 3.32. The van der Waals surface area contributed by atoms with E-state index in [4.69, 9.17) is 15.2 Å². The number of esters is 1. The number of nitrogens with zero attached hydrogens (tertiary/aromatic N) is 1. The van der Waals surface area contributed by atoms with Crippen molar-refractivity contribution >= 4 is 11.8 Å². The molecule has 0 amide bonds. The monoisotopic (exact) mass is 529 g/mol. The third kappa shape index (κ3) is 8.97. The first-order valence-electron chi connectivity index (χ1n) is 14.0. The lowest BCUT2D eigenvalue weighted by atomic mass is 9.73. The fourth-order valence-corrected chi connectivity index (χ4v) is 5.56. The van der Waals surface area contributed by atoms with Crippen LogP contribution >= 0.6 is 0 Å². The SMILES string of the molecule is CC[C@H]1OC(=O)[C@H](C)C(=O)[C@H](C)[C@@H](C)C(C)(OCCNCCCN)C[C@@H](C)CN(C)[C@H](C)[C@@H](O)C1(C)O. The smallest absolute Gasteiger partial charge is 0.316 e. The summed E-state index contributed by atoms with van der Waals surface area (Å²) in [6, 6.07) is -0.398. The minimum atomic E-state index is -1.68. The maximum absolute atomic E-state index is 13.4. The molecule has 1 aliphatic heterocycles. The number of rotatable bonds is 8. The topological polar surface area (TPSA) is 134 Å². The number of ketones is 1. The number of carbonyl (C=O) groups is 2. The minimum Gasteiger partial charge on any atom is -0.459 e. The first-order valence-corrected chi connectivity index (χ1v) is 14.0. The highest BCUT2D eigenvalue weighted by molar-refractivity contribution is 5.99. The van der Waals surface area contributed by atoms with Crippen LogP contribution in [0.15, 0.2) is 0 Å². The van der Waals surface area contributed by atoms with E-state index in [1.165, 1.54) is 6.92 Å². The average Bonchev–Trinajstić information content (AvgIpc) is 2.85. The van der Waals surface area contributed by atoms with Crippen LogP contribution in [-0.4, -0.2) is 96.2 Å². The van der Waals surface area contributed by atoms with Crippen LogP contribution in [0.1, 0.15) is 74.7 Å². The highest BCUT2D eigenvalue weighted by Crippen LogP contribution is 2.36. The number of nitrogens with one attached hydrogen (secondary N) is 1. The molecule has 0 radical (unpaired) electrons. The maximum Gasteiger partial charge on any atom is 0.316 e. The summed E-state index contributed by atoms with van der Waals surface area (Å²) in [4.78, 5) is 28.5. The van der Waals surface area contributed by atoms with Gasteiger partial charge in [-0.3, -0.25) is 9.59 Å². The highest BCUT2D eigenvalue weighted by atomic mass is 16.6. The van der Waals surface area contributed by atoms with Crippen LogP contribution in [0.5, 0.6) is 0 Å². The van der Waals surface area contributed by atoms with Crippen molar-refractivity contribution < 1.29 is 29.3 Å². The molecule has 9 atom stereocenters. The Bertz CT molecular complexity index is 720. The van der Waals surface area contributed by atoms with Crippen molar-refractivity contribution in [2.24, 2.45) is 29.4 Å². The zero-order chi connectivity index (χ0) is 28.6. The Hall–Kier alpha value is -1.10. The summed E-state index contributed by atoms with van der Waals surface area (Å²) in [7, 11) is 1.92. The lowest BCUT2D eigenvalue weighted by Gasteiger charge is -2.43. The van der Waals surface area contributed by atoms with Gasteiger partial charge in [-0.05, 0) is 78.9 Å². The molecule has 0 saturated carbocycles. The Kier molecular flexibility index (Phi) is 13.7. The van der Waals surface area contributed by atoms with E-state index >= 15 is 0 Å². The first-order chi connectivity index (χ1) is 17.1. The normalized spacial score (nSPS) is 39.6. The molecule has 1 saturated heterocycles. The average molecular weight is 530 g/mol. The zero-order valence-electron chi connectivity index (χ0n) is 24.8. The van der Waals surface area contributed by atoms with Gasteiger partial charge in [-0.25, -0.2) is 0 Å². The molecule has 0 aliphatic carbocycles. The predicted molar refractivity (Wildman–Crippen MR) is 146 cm³/mol. The second-order valence-corrected chi connectivity index (χ2v) is 11.7. The number of aliphatic hydroxyl groups is 2. The van der Waals surface area contributed by atoms with Gasteiger partial charge in [-0.2, -0.15) is 0 Å². The highest BCUT2D eigenvalue weighted by Gasteiger charge is 2.47. The molecule has 0 bridgehead atoms. The molecule has 0 aromatic rings. The molecule has 5 N–H and O–H groups in total. The van der Waals surface area contributed by atoms with E-state index in [1.807, 2.05) is 32.7 Å². The summed E-state index contributed by atoms with van der Waals surface area (Å²) >= 11 is 0. The third-order valence-electron chi connectivity index (χ3n) is 8.60. The second kappa shape index (κ2) is 14.9. The molecule has 2 unspecified atom stereocenters. The number of hydrogen-bond donors (Lipinski definition) is 4. The van der Waals surface area contributed by atoms with E-state index in [0.29, 0.717) is 39.1 Å². The van der Waals surface area contributed by atoms with Crippen LogP contribution in [0, 0.1) is 23.7 Å². The Morgan fingerprint density at radius 2 is 1.78 bits per heavy atom. The quantitative estimate of drug-likeness (QED) is 0.211. The van der Waals surface area contributed by atoms with E-state index in [-0.39, 0.29) is 17.6 Å². The molecule has 218 valence electrons. The van der Waals surface area contributed by atoms with Gasteiger partial charge in [-0.1, -0.05) is 27.7 Å². The summed E-state index contributed by atoms with van der Waals surface area (Å²) in [6.45, 7) is 18.0. The Labute approximate surface area is 224 Å². The number of Topliss-reactive ketones (excluding diaryl/α,β-unsaturated/α-hetero) is 1. The number of aliphatic hydroxyl groups excluding tert-OH is 1. The zero-order valence-corrected chi connectivity index (χ0v) is 24.8. The summed E-state index contributed by atoms with van der Waals surface area (Å²) in [5, 5.41) is 25.7. The van der Waals surface area contributed by atoms with Crippen LogP contribution in [0.25, 0.3) is 0 Å². The maximum atomic E-state index is 13.4. The molecule has 9 nitrogen and oxygen atoms in total. The molecular weight excluding hydrogens is 474 g/mol. The number of nitrogens with two attached hydrogens (primary N) is 1. The van der Waals surface area contributed by atoms with Crippen molar-refractivity contribution in [3.8, 4) is 0 Å². The summed E-state index contributed by atoms with van der Waals surface area (Å²) in [5.74, 6) is -2.32. The number of cyclic esters (lactones) is 1. The van der Waals surface area contributed by atoms with Gasteiger partial charge in [0.2, 0.25) is 0 Å². The number of carbonyl (C=O) groups excluding carboxylic acids is 2. The van der Waals surface area contributed by atoms with Crippen LogP contribution in [-0.2, 0) is 19.1 Å². The van der Waals surface area contributed by atoms with E-state index in [2.05, 4.69) is 19.2 Å².